The van der Waals surface area contributed by atoms with Gasteiger partial charge in [0.15, 0.2) is 0 Å². The van der Waals surface area contributed by atoms with Crippen molar-refractivity contribution >= 4 is 50.7 Å². The van der Waals surface area contributed by atoms with Gasteiger partial charge in [-0.2, -0.15) is 0 Å². The van der Waals surface area contributed by atoms with E-state index in [-0.39, 0.29) is 27.3 Å². The predicted molar refractivity (Wildman–Crippen MR) is 115 cm³/mol. The molecule has 31 heavy (non-hydrogen) atoms. The number of hydrogen-bond acceptors (Lipinski definition) is 5. The van der Waals surface area contributed by atoms with Crippen molar-refractivity contribution in [3.63, 3.8) is 0 Å². The van der Waals surface area contributed by atoms with Crippen LogP contribution in [0.3, 0.4) is 0 Å². The summed E-state index contributed by atoms with van der Waals surface area (Å²) in [5.74, 6) is -1.46. The Balaban J connectivity index is 1.46. The van der Waals surface area contributed by atoms with E-state index in [0.29, 0.717) is 10.7 Å². The normalized spacial score (nSPS) is 12.8. The van der Waals surface area contributed by atoms with E-state index in [1.165, 1.54) is 66.7 Å². The second-order valence-corrected chi connectivity index (χ2v) is 8.75. The van der Waals surface area contributed by atoms with E-state index < -0.39 is 27.7 Å². The molecule has 0 fully saturated rings. The Kier molecular flexibility index (Phi) is 5.22. The molecule has 0 bridgehead atoms. The Hall–Kier alpha value is -3.69. The van der Waals surface area contributed by atoms with Crippen LogP contribution in [0.15, 0.2) is 71.6 Å². The molecule has 1 aliphatic rings. The number of rotatable bonds is 5. The number of amides is 3. The van der Waals surface area contributed by atoms with Gasteiger partial charge in [0.1, 0.15) is 0 Å². The second kappa shape index (κ2) is 7.86. The minimum absolute atomic E-state index is 0.0536. The molecule has 0 saturated heterocycles. The first-order chi connectivity index (χ1) is 14.7. The Morgan fingerprint density at radius 2 is 1.42 bits per heavy atom. The van der Waals surface area contributed by atoms with Gasteiger partial charge >= 0.3 is 0 Å². The lowest BCUT2D eigenvalue weighted by atomic mass is 10.1. The largest absolute Gasteiger partial charge is 0.322 e. The SMILES string of the molecule is O=C(Nc1ccc2c(c1)C(=O)NC2=O)c1ccc(NS(=O)(=O)c2ccc(Cl)cc2)cc1. The van der Waals surface area contributed by atoms with Gasteiger partial charge in [-0.1, -0.05) is 11.6 Å². The van der Waals surface area contributed by atoms with Gasteiger partial charge in [0, 0.05) is 22.0 Å². The third kappa shape index (κ3) is 4.27. The molecule has 10 heteroatoms. The van der Waals surface area contributed by atoms with Crippen molar-refractivity contribution in [3.05, 3.63) is 88.4 Å². The van der Waals surface area contributed by atoms with Crippen LogP contribution >= 0.6 is 11.6 Å². The van der Waals surface area contributed by atoms with Crippen LogP contribution in [0, 0.1) is 0 Å². The molecule has 0 saturated carbocycles. The summed E-state index contributed by atoms with van der Waals surface area (Å²) in [6, 6.07) is 15.9. The van der Waals surface area contributed by atoms with Crippen molar-refractivity contribution in [1.29, 1.82) is 0 Å². The summed E-state index contributed by atoms with van der Waals surface area (Å²) in [6.45, 7) is 0. The van der Waals surface area contributed by atoms with Crippen molar-refractivity contribution in [2.24, 2.45) is 0 Å². The summed E-state index contributed by atoms with van der Waals surface area (Å²) in [7, 11) is -3.80. The van der Waals surface area contributed by atoms with E-state index >= 15 is 0 Å². The summed E-state index contributed by atoms with van der Waals surface area (Å²) in [5, 5.41) is 5.24. The number of fused-ring (bicyclic) bond motifs is 1. The smallest absolute Gasteiger partial charge is 0.261 e. The summed E-state index contributed by atoms with van der Waals surface area (Å²) in [6.07, 6.45) is 0. The predicted octanol–water partition coefficient (Wildman–Crippen LogP) is 3.28. The van der Waals surface area contributed by atoms with Crippen LogP contribution in [-0.2, 0) is 10.0 Å². The first-order valence-electron chi connectivity index (χ1n) is 8.92. The zero-order valence-electron chi connectivity index (χ0n) is 15.7. The molecule has 0 atom stereocenters. The maximum absolute atomic E-state index is 12.5. The van der Waals surface area contributed by atoms with Gasteiger partial charge in [0.05, 0.1) is 16.0 Å². The zero-order chi connectivity index (χ0) is 22.2. The molecule has 3 N–H and O–H groups in total. The van der Waals surface area contributed by atoms with Crippen LogP contribution < -0.4 is 15.4 Å². The summed E-state index contributed by atoms with van der Waals surface area (Å²) in [4.78, 5) is 35.9. The molecule has 0 unspecified atom stereocenters. The zero-order valence-corrected chi connectivity index (χ0v) is 17.3. The van der Waals surface area contributed by atoms with Crippen LogP contribution in [0.1, 0.15) is 31.1 Å². The lowest BCUT2D eigenvalue weighted by molar-refractivity contribution is 0.0878. The van der Waals surface area contributed by atoms with Crippen molar-refractivity contribution in [1.82, 2.24) is 5.32 Å². The first kappa shape index (κ1) is 20.6. The van der Waals surface area contributed by atoms with E-state index in [0.717, 1.165) is 0 Å². The molecule has 3 aromatic carbocycles. The molecule has 1 aliphatic heterocycles. The molecular weight excluding hydrogens is 442 g/mol. The van der Waals surface area contributed by atoms with Crippen molar-refractivity contribution in [2.45, 2.75) is 4.90 Å². The van der Waals surface area contributed by atoms with Gasteiger partial charge in [-0.15, -0.1) is 0 Å². The molecule has 0 radical (unpaired) electrons. The molecule has 3 amide bonds. The first-order valence-corrected chi connectivity index (χ1v) is 10.8. The van der Waals surface area contributed by atoms with E-state index in [9.17, 15) is 22.8 Å². The van der Waals surface area contributed by atoms with Gasteiger partial charge in [0.25, 0.3) is 27.7 Å². The Bertz CT molecular complexity index is 1320. The highest BCUT2D eigenvalue weighted by molar-refractivity contribution is 7.92. The van der Waals surface area contributed by atoms with Crippen LogP contribution in [-0.4, -0.2) is 26.1 Å². The average molecular weight is 456 g/mol. The van der Waals surface area contributed by atoms with Crippen molar-refractivity contribution < 1.29 is 22.8 Å². The molecular formula is C21H14ClN3O5S. The number of carbonyl (C=O) groups is 3. The minimum Gasteiger partial charge on any atom is -0.322 e. The maximum Gasteiger partial charge on any atom is 0.261 e. The molecule has 0 spiro atoms. The van der Waals surface area contributed by atoms with Gasteiger partial charge < -0.3 is 5.32 Å². The minimum atomic E-state index is -3.80. The van der Waals surface area contributed by atoms with E-state index in [1.807, 2.05) is 0 Å². The molecule has 4 rings (SSSR count). The van der Waals surface area contributed by atoms with Crippen LogP contribution in [0.5, 0.6) is 0 Å². The fourth-order valence-electron chi connectivity index (χ4n) is 2.97. The molecule has 8 nitrogen and oxygen atoms in total. The van der Waals surface area contributed by atoms with Gasteiger partial charge in [-0.25, -0.2) is 8.42 Å². The third-order valence-corrected chi connectivity index (χ3v) is 6.17. The number of hydrogen-bond donors (Lipinski definition) is 3. The Morgan fingerprint density at radius 3 is 2.10 bits per heavy atom. The number of imide groups is 1. The molecule has 0 aromatic heterocycles. The summed E-state index contributed by atoms with van der Waals surface area (Å²) in [5.41, 5.74) is 1.34. The Labute approximate surface area is 182 Å². The summed E-state index contributed by atoms with van der Waals surface area (Å²) >= 11 is 5.78. The summed E-state index contributed by atoms with van der Waals surface area (Å²) < 4.78 is 27.3. The second-order valence-electron chi connectivity index (χ2n) is 6.63. The van der Waals surface area contributed by atoms with Gasteiger partial charge in [-0.3, -0.25) is 24.4 Å². The van der Waals surface area contributed by atoms with E-state index in [2.05, 4.69) is 15.4 Å². The number of carbonyl (C=O) groups excluding carboxylic acids is 3. The van der Waals surface area contributed by atoms with E-state index in [1.54, 1.807) is 0 Å². The van der Waals surface area contributed by atoms with Gasteiger partial charge in [-0.05, 0) is 66.7 Å². The van der Waals surface area contributed by atoms with Crippen molar-refractivity contribution in [2.75, 3.05) is 10.0 Å². The number of sulfonamides is 1. The number of nitrogens with one attached hydrogen (secondary N) is 3. The lowest BCUT2D eigenvalue weighted by Crippen LogP contribution is -2.19. The number of anilines is 2. The highest BCUT2D eigenvalue weighted by atomic mass is 35.5. The van der Waals surface area contributed by atoms with E-state index in [4.69, 9.17) is 11.6 Å². The fourth-order valence-corrected chi connectivity index (χ4v) is 4.15. The molecule has 156 valence electrons. The van der Waals surface area contributed by atoms with Crippen LogP contribution in [0.4, 0.5) is 11.4 Å². The van der Waals surface area contributed by atoms with Crippen LogP contribution in [0.25, 0.3) is 0 Å². The van der Waals surface area contributed by atoms with Crippen molar-refractivity contribution in [3.8, 4) is 0 Å². The molecule has 0 aliphatic carbocycles. The quantitative estimate of drug-likeness (QED) is 0.510. The molecule has 3 aromatic rings. The monoisotopic (exact) mass is 455 g/mol. The third-order valence-electron chi connectivity index (χ3n) is 4.52. The highest BCUT2D eigenvalue weighted by Gasteiger charge is 2.26. The number of benzene rings is 3. The standard InChI is InChI=1S/C21H14ClN3O5S/c22-13-3-8-16(9-4-13)31(29,30)25-14-5-1-12(2-6-14)19(26)23-15-7-10-17-18(11-15)21(28)24-20(17)27/h1-11,25H,(H,23,26)(H,24,27,28). The Morgan fingerprint density at radius 1 is 0.806 bits per heavy atom. The lowest BCUT2D eigenvalue weighted by Gasteiger charge is -2.10. The highest BCUT2D eigenvalue weighted by Crippen LogP contribution is 2.22. The maximum atomic E-state index is 12.5. The fraction of sp³-hybridized carbons (Fsp3) is 0. The van der Waals surface area contributed by atoms with Gasteiger partial charge in [0.2, 0.25) is 0 Å². The number of halogens is 1. The molecule has 1 heterocycles. The average Bonchev–Trinajstić information content (AvgIpc) is 3.01. The van der Waals surface area contributed by atoms with Crippen LogP contribution in [0.2, 0.25) is 5.02 Å². The topological polar surface area (TPSA) is 121 Å².